The molecule has 0 amide bonds. The standard InChI is InChI=1S/C17H19N5O4/c1-11-9-22-13-14(18-16(22)21(11)10-12-5-4-7-26-12)19(2)17(24)20(15(13)23)6-8-25-3/h4-5,7,9H,6,8,10H2,1-3H3. The van der Waals surface area contributed by atoms with Crippen molar-refractivity contribution in [3.05, 3.63) is 56.9 Å². The van der Waals surface area contributed by atoms with E-state index in [1.807, 2.05) is 29.8 Å². The molecule has 0 aromatic carbocycles. The highest BCUT2D eigenvalue weighted by molar-refractivity contribution is 5.75. The van der Waals surface area contributed by atoms with Crippen LogP contribution in [0.2, 0.25) is 0 Å². The lowest BCUT2D eigenvalue weighted by molar-refractivity contribution is 0.184. The maximum absolute atomic E-state index is 12.9. The number of hydrogen-bond donors (Lipinski definition) is 0. The SMILES string of the molecule is COCCn1c(=O)c2c(nc3n(Cc4ccco4)c(C)cn23)n(C)c1=O. The third-order valence-electron chi connectivity index (χ3n) is 4.55. The van der Waals surface area contributed by atoms with Gasteiger partial charge < -0.3 is 13.7 Å². The molecule has 26 heavy (non-hydrogen) atoms. The number of methoxy groups -OCH3 is 1. The van der Waals surface area contributed by atoms with E-state index in [0.29, 0.717) is 23.5 Å². The van der Waals surface area contributed by atoms with E-state index in [2.05, 4.69) is 4.98 Å². The summed E-state index contributed by atoms with van der Waals surface area (Å²) in [6.45, 7) is 2.90. The van der Waals surface area contributed by atoms with E-state index in [9.17, 15) is 9.59 Å². The highest BCUT2D eigenvalue weighted by Gasteiger charge is 2.20. The Morgan fingerprint density at radius 2 is 2.08 bits per heavy atom. The van der Waals surface area contributed by atoms with Crippen molar-refractivity contribution in [1.82, 2.24) is 23.1 Å². The molecule has 0 unspecified atom stereocenters. The van der Waals surface area contributed by atoms with E-state index < -0.39 is 5.69 Å². The summed E-state index contributed by atoms with van der Waals surface area (Å²) in [4.78, 5) is 30.0. The van der Waals surface area contributed by atoms with Gasteiger partial charge in [-0.1, -0.05) is 0 Å². The first kappa shape index (κ1) is 16.4. The Morgan fingerprint density at radius 1 is 1.27 bits per heavy atom. The normalized spacial score (nSPS) is 11.8. The van der Waals surface area contributed by atoms with Gasteiger partial charge in [0.05, 0.1) is 26.0 Å². The largest absolute Gasteiger partial charge is 0.467 e. The molecule has 0 fully saturated rings. The van der Waals surface area contributed by atoms with Crippen molar-refractivity contribution < 1.29 is 9.15 Å². The van der Waals surface area contributed by atoms with Crippen LogP contribution in [0.15, 0.2) is 38.6 Å². The lowest BCUT2D eigenvalue weighted by Gasteiger charge is -2.07. The molecule has 9 heteroatoms. The van der Waals surface area contributed by atoms with Crippen LogP contribution in [0, 0.1) is 6.92 Å². The molecule has 136 valence electrons. The number of rotatable bonds is 5. The summed E-state index contributed by atoms with van der Waals surface area (Å²) in [6.07, 6.45) is 3.46. The molecular formula is C17H19N5O4. The molecule has 0 bridgehead atoms. The average molecular weight is 357 g/mol. The quantitative estimate of drug-likeness (QED) is 0.526. The minimum absolute atomic E-state index is 0.192. The molecule has 0 radical (unpaired) electrons. The second kappa shape index (κ2) is 6.03. The van der Waals surface area contributed by atoms with E-state index >= 15 is 0 Å². The molecule has 0 aliphatic heterocycles. The maximum Gasteiger partial charge on any atom is 0.332 e. The summed E-state index contributed by atoms with van der Waals surface area (Å²) in [6, 6.07) is 3.71. The number of aryl methyl sites for hydroxylation is 2. The number of aromatic nitrogens is 5. The number of hydrogen-bond acceptors (Lipinski definition) is 5. The van der Waals surface area contributed by atoms with Crippen LogP contribution in [0.5, 0.6) is 0 Å². The Kier molecular flexibility index (Phi) is 3.80. The molecule has 0 atom stereocenters. The molecule has 0 spiro atoms. The van der Waals surface area contributed by atoms with Gasteiger partial charge in [-0.2, -0.15) is 4.98 Å². The van der Waals surface area contributed by atoms with Gasteiger partial charge in [-0.25, -0.2) is 4.79 Å². The summed E-state index contributed by atoms with van der Waals surface area (Å²) in [5, 5.41) is 0. The van der Waals surface area contributed by atoms with Gasteiger partial charge in [0, 0.05) is 26.0 Å². The molecule has 4 rings (SSSR count). The number of ether oxygens (including phenoxy) is 1. The van der Waals surface area contributed by atoms with Crippen molar-refractivity contribution in [2.45, 2.75) is 20.0 Å². The third kappa shape index (κ3) is 2.31. The lowest BCUT2D eigenvalue weighted by atomic mass is 10.4. The minimum atomic E-state index is -0.408. The summed E-state index contributed by atoms with van der Waals surface area (Å²) in [5.74, 6) is 1.37. The molecule has 0 aliphatic rings. The highest BCUT2D eigenvalue weighted by atomic mass is 16.5. The first-order valence-corrected chi connectivity index (χ1v) is 8.22. The zero-order chi connectivity index (χ0) is 18.4. The van der Waals surface area contributed by atoms with Crippen molar-refractivity contribution in [1.29, 1.82) is 0 Å². The Morgan fingerprint density at radius 3 is 2.77 bits per heavy atom. The fourth-order valence-electron chi connectivity index (χ4n) is 3.19. The number of fused-ring (bicyclic) bond motifs is 3. The molecule has 4 aromatic rings. The molecule has 9 nitrogen and oxygen atoms in total. The molecule has 0 saturated carbocycles. The Bertz CT molecular complexity index is 1210. The van der Waals surface area contributed by atoms with Crippen LogP contribution in [0.3, 0.4) is 0 Å². The van der Waals surface area contributed by atoms with E-state index in [-0.39, 0.29) is 18.7 Å². The van der Waals surface area contributed by atoms with Gasteiger partial charge in [-0.15, -0.1) is 0 Å². The molecular weight excluding hydrogens is 338 g/mol. The number of imidazole rings is 2. The van der Waals surface area contributed by atoms with Crippen molar-refractivity contribution in [3.63, 3.8) is 0 Å². The fourth-order valence-corrected chi connectivity index (χ4v) is 3.19. The van der Waals surface area contributed by atoms with Crippen LogP contribution in [0.25, 0.3) is 16.9 Å². The molecule has 0 aliphatic carbocycles. The van der Waals surface area contributed by atoms with E-state index in [1.165, 1.54) is 16.2 Å². The highest BCUT2D eigenvalue weighted by Crippen LogP contribution is 2.17. The summed E-state index contributed by atoms with van der Waals surface area (Å²) >= 11 is 0. The van der Waals surface area contributed by atoms with E-state index in [0.717, 1.165) is 11.5 Å². The third-order valence-corrected chi connectivity index (χ3v) is 4.55. The van der Waals surface area contributed by atoms with Gasteiger partial charge >= 0.3 is 5.69 Å². The Labute approximate surface area is 147 Å². The second-order valence-electron chi connectivity index (χ2n) is 6.18. The van der Waals surface area contributed by atoms with Gasteiger partial charge in [0.1, 0.15) is 5.76 Å². The van der Waals surface area contributed by atoms with Crippen molar-refractivity contribution >= 4 is 16.9 Å². The minimum Gasteiger partial charge on any atom is -0.467 e. The molecule has 4 aromatic heterocycles. The zero-order valence-electron chi connectivity index (χ0n) is 14.8. The zero-order valence-corrected chi connectivity index (χ0v) is 14.8. The van der Waals surface area contributed by atoms with Gasteiger partial charge in [-0.3, -0.25) is 18.3 Å². The predicted octanol–water partition coefficient (Wildman–Crippen LogP) is 0.746. The van der Waals surface area contributed by atoms with Crippen LogP contribution >= 0.6 is 0 Å². The van der Waals surface area contributed by atoms with E-state index in [1.54, 1.807) is 17.7 Å². The smallest absolute Gasteiger partial charge is 0.332 e. The van der Waals surface area contributed by atoms with Crippen molar-refractivity contribution in [2.75, 3.05) is 13.7 Å². The molecule has 4 heterocycles. The second-order valence-corrected chi connectivity index (χ2v) is 6.18. The molecule has 0 saturated heterocycles. The monoisotopic (exact) mass is 357 g/mol. The van der Waals surface area contributed by atoms with Crippen LogP contribution in [0.4, 0.5) is 0 Å². The number of nitrogens with zero attached hydrogens (tertiary/aromatic N) is 5. The van der Waals surface area contributed by atoms with E-state index in [4.69, 9.17) is 9.15 Å². The van der Waals surface area contributed by atoms with Crippen molar-refractivity contribution in [3.8, 4) is 0 Å². The van der Waals surface area contributed by atoms with Gasteiger partial charge in [-0.05, 0) is 19.1 Å². The summed E-state index contributed by atoms with van der Waals surface area (Å²) in [5.41, 5.74) is 0.885. The predicted molar refractivity (Wildman–Crippen MR) is 94.6 cm³/mol. The summed E-state index contributed by atoms with van der Waals surface area (Å²) in [7, 11) is 3.15. The van der Waals surface area contributed by atoms with Crippen molar-refractivity contribution in [2.24, 2.45) is 7.05 Å². The Hall–Kier alpha value is -3.07. The molecule has 0 N–H and O–H groups in total. The van der Waals surface area contributed by atoms with Crippen LogP contribution in [0.1, 0.15) is 11.5 Å². The number of furan rings is 1. The lowest BCUT2D eigenvalue weighted by Crippen LogP contribution is -2.40. The van der Waals surface area contributed by atoms with Gasteiger partial charge in [0.25, 0.3) is 5.56 Å². The van der Waals surface area contributed by atoms with Gasteiger partial charge in [0.15, 0.2) is 11.2 Å². The Balaban J connectivity index is 2.00. The van der Waals surface area contributed by atoms with Crippen LogP contribution < -0.4 is 11.2 Å². The maximum atomic E-state index is 12.9. The topological polar surface area (TPSA) is 88.6 Å². The van der Waals surface area contributed by atoms with Gasteiger partial charge in [0.2, 0.25) is 5.78 Å². The summed E-state index contributed by atoms with van der Waals surface area (Å²) < 4.78 is 16.7. The van der Waals surface area contributed by atoms with Crippen LogP contribution in [-0.2, 0) is 24.9 Å². The average Bonchev–Trinajstić information content (AvgIpc) is 3.31. The first-order chi connectivity index (χ1) is 12.5. The first-order valence-electron chi connectivity index (χ1n) is 8.22. The fraction of sp³-hybridized carbons (Fsp3) is 0.353. The van der Waals surface area contributed by atoms with Crippen LogP contribution in [-0.4, -0.2) is 36.8 Å².